The number of hydrogen-bond donors (Lipinski definition) is 1. The van der Waals surface area contributed by atoms with Gasteiger partial charge in [-0.3, -0.25) is 4.90 Å². The summed E-state index contributed by atoms with van der Waals surface area (Å²) in [6.07, 6.45) is 2.69. The molecule has 0 aromatic heterocycles. The molecule has 1 aromatic carbocycles. The van der Waals surface area contributed by atoms with Gasteiger partial charge < -0.3 is 14.8 Å². The second-order valence-electron chi connectivity index (χ2n) is 6.44. The minimum absolute atomic E-state index is 0.438. The van der Waals surface area contributed by atoms with Gasteiger partial charge in [-0.25, -0.2) is 0 Å². The average molecular weight is 288 g/mol. The molecule has 3 aliphatic heterocycles. The van der Waals surface area contributed by atoms with Crippen LogP contribution < -0.4 is 14.8 Å². The van der Waals surface area contributed by atoms with Crippen LogP contribution in [-0.4, -0.2) is 43.8 Å². The molecule has 0 aliphatic carbocycles. The van der Waals surface area contributed by atoms with Crippen molar-refractivity contribution in [3.8, 4) is 11.5 Å². The largest absolute Gasteiger partial charge is 0.486 e. The lowest BCUT2D eigenvalue weighted by molar-refractivity contribution is 0.0843. The first-order chi connectivity index (χ1) is 10.3. The van der Waals surface area contributed by atoms with Crippen molar-refractivity contribution in [3.63, 3.8) is 0 Å². The van der Waals surface area contributed by atoms with Gasteiger partial charge in [-0.2, -0.15) is 0 Å². The molecule has 3 heterocycles. The van der Waals surface area contributed by atoms with Crippen molar-refractivity contribution in [3.05, 3.63) is 23.8 Å². The van der Waals surface area contributed by atoms with Crippen LogP contribution in [0.15, 0.2) is 18.2 Å². The van der Waals surface area contributed by atoms with E-state index in [1.165, 1.54) is 31.5 Å². The second kappa shape index (κ2) is 5.50. The summed E-state index contributed by atoms with van der Waals surface area (Å²) in [6, 6.07) is 7.57. The van der Waals surface area contributed by atoms with Crippen molar-refractivity contribution in [1.82, 2.24) is 10.2 Å². The Morgan fingerprint density at radius 1 is 1.19 bits per heavy atom. The molecule has 3 atom stereocenters. The maximum absolute atomic E-state index is 5.73. The van der Waals surface area contributed by atoms with E-state index < -0.39 is 0 Å². The molecule has 3 unspecified atom stereocenters. The molecule has 0 amide bonds. The second-order valence-corrected chi connectivity index (χ2v) is 6.44. The molecule has 4 rings (SSSR count). The van der Waals surface area contributed by atoms with Crippen LogP contribution in [0.2, 0.25) is 0 Å². The molecule has 2 saturated heterocycles. The zero-order chi connectivity index (χ0) is 14.2. The van der Waals surface area contributed by atoms with E-state index in [0.717, 1.165) is 24.0 Å². The van der Waals surface area contributed by atoms with Crippen molar-refractivity contribution in [2.24, 2.45) is 5.92 Å². The third-order valence-corrected chi connectivity index (χ3v) is 5.27. The summed E-state index contributed by atoms with van der Waals surface area (Å²) in [6.45, 7) is 7.17. The molecule has 4 heteroatoms. The first-order valence-electron chi connectivity index (χ1n) is 8.19. The van der Waals surface area contributed by atoms with Crippen molar-refractivity contribution in [2.75, 3.05) is 32.8 Å². The molecule has 2 fully saturated rings. The van der Waals surface area contributed by atoms with Gasteiger partial charge in [-0.05, 0) is 56.5 Å². The molecule has 0 saturated carbocycles. The normalized spacial score (nSPS) is 30.0. The van der Waals surface area contributed by atoms with Gasteiger partial charge in [0.05, 0.1) is 0 Å². The number of rotatable bonds is 2. The maximum Gasteiger partial charge on any atom is 0.161 e. The van der Waals surface area contributed by atoms with Gasteiger partial charge in [0.25, 0.3) is 0 Å². The van der Waals surface area contributed by atoms with Crippen molar-refractivity contribution in [1.29, 1.82) is 0 Å². The van der Waals surface area contributed by atoms with E-state index in [2.05, 4.69) is 35.3 Å². The number of benzene rings is 1. The highest BCUT2D eigenvalue weighted by molar-refractivity contribution is 5.44. The molecule has 0 radical (unpaired) electrons. The lowest BCUT2D eigenvalue weighted by Gasteiger charge is -2.41. The summed E-state index contributed by atoms with van der Waals surface area (Å²) in [4.78, 5) is 2.68. The Hall–Kier alpha value is -1.26. The van der Waals surface area contributed by atoms with Gasteiger partial charge in [-0.15, -0.1) is 0 Å². The number of piperidine rings is 1. The molecule has 4 nitrogen and oxygen atoms in total. The van der Waals surface area contributed by atoms with Crippen LogP contribution in [-0.2, 0) is 0 Å². The monoisotopic (exact) mass is 288 g/mol. The maximum atomic E-state index is 5.73. The molecule has 114 valence electrons. The highest BCUT2D eigenvalue weighted by atomic mass is 16.6. The van der Waals surface area contributed by atoms with Crippen LogP contribution >= 0.6 is 0 Å². The fraction of sp³-hybridized carbons (Fsp3) is 0.647. The third kappa shape index (κ3) is 2.40. The molecule has 0 bridgehead atoms. The number of fused-ring (bicyclic) bond motifs is 2. The fourth-order valence-electron chi connectivity index (χ4n) is 4.10. The topological polar surface area (TPSA) is 33.7 Å². The van der Waals surface area contributed by atoms with Crippen molar-refractivity contribution in [2.45, 2.75) is 31.8 Å². The summed E-state index contributed by atoms with van der Waals surface area (Å²) in [5, 5.41) is 3.56. The van der Waals surface area contributed by atoms with Crippen LogP contribution in [0.4, 0.5) is 0 Å². The summed E-state index contributed by atoms with van der Waals surface area (Å²) < 4.78 is 11.4. The number of nitrogens with one attached hydrogen (secondary N) is 1. The molecule has 1 aromatic rings. The fourth-order valence-corrected chi connectivity index (χ4v) is 4.10. The quantitative estimate of drug-likeness (QED) is 0.904. The molecular weight excluding hydrogens is 264 g/mol. The van der Waals surface area contributed by atoms with E-state index in [0.29, 0.717) is 25.3 Å². The predicted molar refractivity (Wildman–Crippen MR) is 81.9 cm³/mol. The van der Waals surface area contributed by atoms with Crippen LogP contribution in [0.25, 0.3) is 0 Å². The Morgan fingerprint density at radius 3 is 2.95 bits per heavy atom. The van der Waals surface area contributed by atoms with Crippen LogP contribution in [0.5, 0.6) is 11.5 Å². The number of nitrogens with zero attached hydrogens (tertiary/aromatic N) is 1. The zero-order valence-electron chi connectivity index (χ0n) is 12.7. The first kappa shape index (κ1) is 13.4. The standard InChI is InChI=1S/C17H24N2O2/c1-12(19-6-2-3-14-10-18-11-15(14)19)13-4-5-16-17(9-13)21-8-7-20-16/h4-5,9,12,14-15,18H,2-3,6-8,10-11H2,1H3. The van der Waals surface area contributed by atoms with Crippen molar-refractivity contribution >= 4 is 0 Å². The van der Waals surface area contributed by atoms with Crippen molar-refractivity contribution < 1.29 is 9.47 Å². The SMILES string of the molecule is CC(c1ccc2c(c1)OCCO2)N1CCCC2CNCC21. The lowest BCUT2D eigenvalue weighted by Crippen LogP contribution is -2.46. The van der Waals surface area contributed by atoms with Gasteiger partial charge in [0.1, 0.15) is 13.2 Å². The zero-order valence-corrected chi connectivity index (χ0v) is 12.7. The Bertz CT molecular complexity index is 520. The minimum Gasteiger partial charge on any atom is -0.486 e. The van der Waals surface area contributed by atoms with E-state index in [-0.39, 0.29) is 0 Å². The van der Waals surface area contributed by atoms with E-state index >= 15 is 0 Å². The van der Waals surface area contributed by atoms with Gasteiger partial charge in [-0.1, -0.05) is 6.07 Å². The summed E-state index contributed by atoms with van der Waals surface area (Å²) in [5.41, 5.74) is 1.34. The Morgan fingerprint density at radius 2 is 2.05 bits per heavy atom. The number of hydrogen-bond acceptors (Lipinski definition) is 4. The smallest absolute Gasteiger partial charge is 0.161 e. The Labute approximate surface area is 126 Å². The Kier molecular flexibility index (Phi) is 3.51. The van der Waals surface area contributed by atoms with Gasteiger partial charge in [0, 0.05) is 18.6 Å². The first-order valence-corrected chi connectivity index (χ1v) is 8.19. The lowest BCUT2D eigenvalue weighted by atomic mass is 9.89. The third-order valence-electron chi connectivity index (χ3n) is 5.27. The van der Waals surface area contributed by atoms with Crippen LogP contribution in [0.1, 0.15) is 31.4 Å². The van der Waals surface area contributed by atoms with Crippen LogP contribution in [0.3, 0.4) is 0 Å². The summed E-state index contributed by atoms with van der Waals surface area (Å²) in [7, 11) is 0. The van der Waals surface area contributed by atoms with Gasteiger partial charge in [0.2, 0.25) is 0 Å². The van der Waals surface area contributed by atoms with E-state index in [9.17, 15) is 0 Å². The van der Waals surface area contributed by atoms with E-state index in [4.69, 9.17) is 9.47 Å². The average Bonchev–Trinajstić information content (AvgIpc) is 3.02. The molecular formula is C17H24N2O2. The molecule has 3 aliphatic rings. The predicted octanol–water partition coefficient (Wildman–Crippen LogP) is 2.20. The number of likely N-dealkylation sites (tertiary alicyclic amines) is 1. The molecule has 1 N–H and O–H groups in total. The summed E-state index contributed by atoms with van der Waals surface area (Å²) >= 11 is 0. The van der Waals surface area contributed by atoms with Gasteiger partial charge >= 0.3 is 0 Å². The van der Waals surface area contributed by atoms with E-state index in [1.54, 1.807) is 0 Å². The molecule has 21 heavy (non-hydrogen) atoms. The highest BCUT2D eigenvalue weighted by Crippen LogP contribution is 2.37. The van der Waals surface area contributed by atoms with Crippen LogP contribution in [0, 0.1) is 5.92 Å². The highest BCUT2D eigenvalue weighted by Gasteiger charge is 2.37. The van der Waals surface area contributed by atoms with Gasteiger partial charge in [0.15, 0.2) is 11.5 Å². The summed E-state index contributed by atoms with van der Waals surface area (Å²) in [5.74, 6) is 2.62. The molecule has 0 spiro atoms. The Balaban J connectivity index is 1.57. The van der Waals surface area contributed by atoms with E-state index in [1.807, 2.05) is 0 Å². The number of ether oxygens (including phenoxy) is 2. The minimum atomic E-state index is 0.438.